The number of para-hydroxylation sites is 1. The van der Waals surface area contributed by atoms with Gasteiger partial charge in [0.15, 0.2) is 0 Å². The Morgan fingerprint density at radius 2 is 1.86 bits per heavy atom. The van der Waals surface area contributed by atoms with Gasteiger partial charge in [-0.05, 0) is 42.9 Å². The maximum absolute atomic E-state index is 12.4. The summed E-state index contributed by atoms with van der Waals surface area (Å²) in [7, 11) is 0. The zero-order chi connectivity index (χ0) is 19.6. The summed E-state index contributed by atoms with van der Waals surface area (Å²) in [6.07, 6.45) is 7.79. The highest BCUT2D eigenvalue weighted by Gasteiger charge is 2.60. The third kappa shape index (κ3) is 3.58. The second-order valence-electron chi connectivity index (χ2n) is 7.46. The van der Waals surface area contributed by atoms with Crippen LogP contribution >= 0.6 is 0 Å². The maximum atomic E-state index is 12.4. The van der Waals surface area contributed by atoms with E-state index < -0.39 is 4.92 Å². The molecule has 1 amide bonds. The minimum atomic E-state index is -0.411. The van der Waals surface area contributed by atoms with Crippen molar-refractivity contribution < 1.29 is 9.72 Å². The molecule has 2 aliphatic carbocycles. The molecule has 2 aromatic carbocycles. The number of amides is 1. The molecule has 0 unspecified atom stereocenters. The summed E-state index contributed by atoms with van der Waals surface area (Å²) in [6, 6.07) is 16.0. The van der Waals surface area contributed by atoms with Gasteiger partial charge in [0.1, 0.15) is 0 Å². The van der Waals surface area contributed by atoms with E-state index in [1.165, 1.54) is 12.5 Å². The van der Waals surface area contributed by atoms with Gasteiger partial charge in [-0.3, -0.25) is 14.9 Å². The van der Waals surface area contributed by atoms with Crippen molar-refractivity contribution in [1.82, 2.24) is 5.43 Å². The lowest BCUT2D eigenvalue weighted by Crippen LogP contribution is -2.27. The van der Waals surface area contributed by atoms with Gasteiger partial charge >= 0.3 is 0 Å². The molecule has 1 atom stereocenters. The first-order chi connectivity index (χ1) is 13.6. The number of benzene rings is 2. The minimum absolute atomic E-state index is 0.0279. The summed E-state index contributed by atoms with van der Waals surface area (Å²) in [5.41, 5.74) is 4.84. The van der Waals surface area contributed by atoms with Gasteiger partial charge in [-0.15, -0.1) is 0 Å². The monoisotopic (exact) mass is 375 g/mol. The molecule has 0 aliphatic heterocycles. The molecule has 6 heteroatoms. The Kier molecular flexibility index (Phi) is 4.77. The largest absolute Gasteiger partial charge is 0.276 e. The van der Waals surface area contributed by atoms with Crippen molar-refractivity contribution in [3.05, 3.63) is 81.9 Å². The fourth-order valence-corrected chi connectivity index (χ4v) is 3.87. The molecule has 142 valence electrons. The molecule has 2 aromatic rings. The van der Waals surface area contributed by atoms with Crippen molar-refractivity contribution in [2.45, 2.75) is 25.7 Å². The van der Waals surface area contributed by atoms with E-state index >= 15 is 0 Å². The molecule has 0 aromatic heterocycles. The van der Waals surface area contributed by atoms with Crippen LogP contribution in [-0.2, 0) is 4.79 Å². The summed E-state index contributed by atoms with van der Waals surface area (Å²) < 4.78 is 0. The molecule has 1 spiro atoms. The first kappa shape index (κ1) is 18.1. The molecule has 0 bridgehead atoms. The third-order valence-electron chi connectivity index (χ3n) is 5.77. The van der Waals surface area contributed by atoms with Crippen LogP contribution in [-0.4, -0.2) is 16.5 Å². The number of nitrogens with one attached hydrogen (secondary N) is 1. The van der Waals surface area contributed by atoms with Gasteiger partial charge < -0.3 is 0 Å². The molecule has 1 N–H and O–H groups in total. The molecule has 6 nitrogen and oxygen atoms in total. The van der Waals surface area contributed by atoms with Gasteiger partial charge in [-0.1, -0.05) is 48.9 Å². The Labute approximate surface area is 163 Å². The molecule has 4 rings (SSSR count). The van der Waals surface area contributed by atoms with Crippen LogP contribution < -0.4 is 5.43 Å². The summed E-state index contributed by atoms with van der Waals surface area (Å²) >= 11 is 0. The van der Waals surface area contributed by atoms with Gasteiger partial charge in [0.05, 0.1) is 16.2 Å². The number of nitro benzene ring substituents is 1. The number of allylic oxidation sites excluding steroid dienone is 1. The quantitative estimate of drug-likeness (QED) is 0.464. The van der Waals surface area contributed by atoms with Crippen LogP contribution in [0.25, 0.3) is 6.08 Å². The normalized spacial score (nSPS) is 20.0. The Morgan fingerprint density at radius 1 is 1.14 bits per heavy atom. The SMILES string of the molecule is O=C(N/N=C(\C=C\c1ccccc1[N+](=O)[O-])c1ccccc1)[C@H]1CC12CCC2. The number of carbonyl (C=O) groups excluding carboxylic acids is 1. The standard InChI is InChI=1S/C22H21N3O3/c26-21(18-15-22(18)13-6-14-22)24-23-19(16-7-2-1-3-8-16)12-11-17-9-4-5-10-20(17)25(27)28/h1-5,7-12,18H,6,13-15H2,(H,24,26)/b12-11+,23-19+/t18-/m1/s1. The first-order valence-corrected chi connectivity index (χ1v) is 9.44. The highest BCUT2D eigenvalue weighted by molar-refractivity contribution is 6.11. The maximum Gasteiger partial charge on any atom is 0.276 e. The molecule has 0 saturated heterocycles. The summed E-state index contributed by atoms with van der Waals surface area (Å²) in [4.78, 5) is 23.2. The van der Waals surface area contributed by atoms with Gasteiger partial charge in [-0.25, -0.2) is 5.43 Å². The van der Waals surface area contributed by atoms with Crippen LogP contribution in [0.1, 0.15) is 36.8 Å². The van der Waals surface area contributed by atoms with E-state index in [1.54, 1.807) is 30.4 Å². The molecule has 2 aliphatic rings. The number of nitro groups is 1. The highest BCUT2D eigenvalue weighted by Crippen LogP contribution is 2.65. The lowest BCUT2D eigenvalue weighted by molar-refractivity contribution is -0.385. The van der Waals surface area contributed by atoms with E-state index in [9.17, 15) is 14.9 Å². The predicted molar refractivity (Wildman–Crippen MR) is 108 cm³/mol. The molecular formula is C22H21N3O3. The van der Waals surface area contributed by atoms with Crippen molar-refractivity contribution >= 4 is 23.4 Å². The van der Waals surface area contributed by atoms with Crippen molar-refractivity contribution in [2.24, 2.45) is 16.4 Å². The van der Waals surface area contributed by atoms with Gasteiger partial charge in [0.25, 0.3) is 5.69 Å². The number of nitrogens with zero attached hydrogens (tertiary/aromatic N) is 2. The van der Waals surface area contributed by atoms with Crippen molar-refractivity contribution in [2.75, 3.05) is 0 Å². The molecule has 0 heterocycles. The molecular weight excluding hydrogens is 354 g/mol. The zero-order valence-corrected chi connectivity index (χ0v) is 15.4. The van der Waals surface area contributed by atoms with Crippen LogP contribution in [0.2, 0.25) is 0 Å². The number of hydrogen-bond donors (Lipinski definition) is 1. The first-order valence-electron chi connectivity index (χ1n) is 9.44. The predicted octanol–water partition coefficient (Wildman–Crippen LogP) is 4.32. The summed E-state index contributed by atoms with van der Waals surface area (Å²) in [6.45, 7) is 0. The third-order valence-corrected chi connectivity index (χ3v) is 5.77. The van der Waals surface area contributed by atoms with Crippen molar-refractivity contribution in [3.8, 4) is 0 Å². The lowest BCUT2D eigenvalue weighted by Gasteiger charge is -2.25. The average Bonchev–Trinajstić information content (AvgIpc) is 3.45. The van der Waals surface area contributed by atoms with Crippen LogP contribution in [0, 0.1) is 21.4 Å². The molecule has 28 heavy (non-hydrogen) atoms. The van der Waals surface area contributed by atoms with Crippen LogP contribution in [0.15, 0.2) is 65.8 Å². The van der Waals surface area contributed by atoms with Gasteiger partial charge in [0.2, 0.25) is 5.91 Å². The van der Waals surface area contributed by atoms with Crippen molar-refractivity contribution in [1.29, 1.82) is 0 Å². The van der Waals surface area contributed by atoms with Crippen molar-refractivity contribution in [3.63, 3.8) is 0 Å². The van der Waals surface area contributed by atoms with Gasteiger partial charge in [0, 0.05) is 17.5 Å². The zero-order valence-electron chi connectivity index (χ0n) is 15.4. The molecule has 0 radical (unpaired) electrons. The second kappa shape index (κ2) is 7.38. The Balaban J connectivity index is 1.56. The van der Waals surface area contributed by atoms with E-state index in [-0.39, 0.29) is 22.9 Å². The fourth-order valence-electron chi connectivity index (χ4n) is 3.87. The number of hydrogen-bond acceptors (Lipinski definition) is 4. The number of carbonyl (C=O) groups is 1. The topological polar surface area (TPSA) is 84.6 Å². The van der Waals surface area contributed by atoms with Crippen LogP contribution in [0.3, 0.4) is 0 Å². The smallest absolute Gasteiger partial charge is 0.273 e. The van der Waals surface area contributed by atoms with Crippen LogP contribution in [0.5, 0.6) is 0 Å². The molecule has 2 saturated carbocycles. The second-order valence-corrected chi connectivity index (χ2v) is 7.46. The van der Waals surface area contributed by atoms with E-state index in [0.29, 0.717) is 11.3 Å². The van der Waals surface area contributed by atoms with E-state index in [2.05, 4.69) is 10.5 Å². The highest BCUT2D eigenvalue weighted by atomic mass is 16.6. The van der Waals surface area contributed by atoms with E-state index in [1.807, 2.05) is 30.3 Å². The fraction of sp³-hybridized carbons (Fsp3) is 0.273. The number of hydrazone groups is 1. The Hall–Kier alpha value is -3.28. The summed E-state index contributed by atoms with van der Waals surface area (Å²) in [5, 5.41) is 15.5. The summed E-state index contributed by atoms with van der Waals surface area (Å²) in [5.74, 6) is 0.0356. The Bertz CT molecular complexity index is 962. The minimum Gasteiger partial charge on any atom is -0.273 e. The average molecular weight is 375 g/mol. The molecule has 2 fully saturated rings. The van der Waals surface area contributed by atoms with Crippen LogP contribution in [0.4, 0.5) is 5.69 Å². The van der Waals surface area contributed by atoms with E-state index in [0.717, 1.165) is 24.8 Å². The van der Waals surface area contributed by atoms with E-state index in [4.69, 9.17) is 0 Å². The number of rotatable bonds is 6. The lowest BCUT2D eigenvalue weighted by atomic mass is 9.80. The Morgan fingerprint density at radius 3 is 2.50 bits per heavy atom. The van der Waals surface area contributed by atoms with Gasteiger partial charge in [-0.2, -0.15) is 5.10 Å².